The van der Waals surface area contributed by atoms with Crippen molar-refractivity contribution in [3.8, 4) is 11.1 Å². The second-order valence-corrected chi connectivity index (χ2v) is 6.86. The summed E-state index contributed by atoms with van der Waals surface area (Å²) >= 11 is 6.03. The number of ketones is 1. The number of H-pyrrole nitrogens is 1. The Hall–Kier alpha value is -3.50. The van der Waals surface area contributed by atoms with Gasteiger partial charge in [0.2, 0.25) is 0 Å². The van der Waals surface area contributed by atoms with Crippen LogP contribution in [-0.2, 0) is 0 Å². The van der Waals surface area contributed by atoms with Crippen LogP contribution in [-0.4, -0.2) is 10.8 Å². The first-order chi connectivity index (χ1) is 14.1. The summed E-state index contributed by atoms with van der Waals surface area (Å²) in [4.78, 5) is 28.6. The highest BCUT2D eigenvalue weighted by molar-refractivity contribution is 6.32. The molecule has 3 nitrogen and oxygen atoms in total. The van der Waals surface area contributed by atoms with E-state index < -0.39 is 17.2 Å². The summed E-state index contributed by atoms with van der Waals surface area (Å²) in [5.74, 6) is -1.08. The van der Waals surface area contributed by atoms with Gasteiger partial charge in [0, 0.05) is 22.0 Å². The number of halogens is 2. The average molecular weight is 404 g/mol. The second kappa shape index (κ2) is 7.86. The number of hydrogen-bond acceptors (Lipinski definition) is 2. The smallest absolute Gasteiger partial charge is 0.260 e. The van der Waals surface area contributed by atoms with Crippen LogP contribution >= 0.6 is 11.6 Å². The van der Waals surface area contributed by atoms with Gasteiger partial charge in [-0.05, 0) is 35.9 Å². The van der Waals surface area contributed by atoms with Gasteiger partial charge in [0.15, 0.2) is 5.78 Å². The first-order valence-electron chi connectivity index (χ1n) is 8.93. The van der Waals surface area contributed by atoms with Crippen LogP contribution in [0.3, 0.4) is 0 Å². The van der Waals surface area contributed by atoms with Crippen molar-refractivity contribution < 1.29 is 9.18 Å². The number of para-hydroxylation sites is 1. The number of pyridine rings is 1. The highest BCUT2D eigenvalue weighted by Crippen LogP contribution is 2.30. The lowest BCUT2D eigenvalue weighted by molar-refractivity contribution is 0.104. The number of benzene rings is 3. The number of hydrogen-bond donors (Lipinski definition) is 1. The van der Waals surface area contributed by atoms with Crippen LogP contribution in [0.5, 0.6) is 0 Å². The maximum absolute atomic E-state index is 14.0. The predicted molar refractivity (Wildman–Crippen MR) is 115 cm³/mol. The molecule has 5 heteroatoms. The fraction of sp³-hybridized carbons (Fsp3) is 0. The van der Waals surface area contributed by atoms with Crippen molar-refractivity contribution in [2.75, 3.05) is 0 Å². The molecule has 1 aromatic heterocycles. The molecule has 0 fully saturated rings. The maximum atomic E-state index is 14.0. The van der Waals surface area contributed by atoms with Gasteiger partial charge in [-0.25, -0.2) is 4.39 Å². The molecule has 0 aliphatic rings. The largest absolute Gasteiger partial charge is 0.321 e. The molecule has 0 aliphatic heterocycles. The minimum absolute atomic E-state index is 0.00129. The van der Waals surface area contributed by atoms with Crippen LogP contribution in [0.1, 0.15) is 15.9 Å². The Morgan fingerprint density at radius 2 is 1.66 bits per heavy atom. The monoisotopic (exact) mass is 403 g/mol. The SMILES string of the molecule is O=C(C=Cc1c(F)cccc1Cl)c1c(-c2ccccc2)c2ccccc2[nH]c1=O. The topological polar surface area (TPSA) is 49.9 Å². The molecular formula is C24H15ClFNO2. The number of aromatic amines is 1. The highest BCUT2D eigenvalue weighted by atomic mass is 35.5. The lowest BCUT2D eigenvalue weighted by Crippen LogP contribution is -2.18. The molecule has 0 bridgehead atoms. The van der Waals surface area contributed by atoms with Gasteiger partial charge >= 0.3 is 0 Å². The molecule has 0 unspecified atom stereocenters. The number of nitrogens with one attached hydrogen (secondary N) is 1. The van der Waals surface area contributed by atoms with E-state index in [0.717, 1.165) is 10.9 Å². The van der Waals surface area contributed by atoms with Crippen LogP contribution in [0.25, 0.3) is 28.1 Å². The van der Waals surface area contributed by atoms with Crippen LogP contribution in [0.15, 0.2) is 83.7 Å². The van der Waals surface area contributed by atoms with Crippen LogP contribution in [0.2, 0.25) is 5.02 Å². The molecule has 4 aromatic rings. The van der Waals surface area contributed by atoms with E-state index in [9.17, 15) is 14.0 Å². The van der Waals surface area contributed by atoms with E-state index in [4.69, 9.17) is 11.6 Å². The third kappa shape index (κ3) is 3.62. The Labute approximate surface area is 171 Å². The second-order valence-electron chi connectivity index (χ2n) is 6.45. The molecule has 0 saturated heterocycles. The molecule has 4 rings (SSSR count). The molecule has 0 saturated carbocycles. The summed E-state index contributed by atoms with van der Waals surface area (Å²) in [5, 5.41) is 0.934. The third-order valence-corrected chi connectivity index (χ3v) is 4.96. The molecule has 0 amide bonds. The van der Waals surface area contributed by atoms with E-state index >= 15 is 0 Å². The first-order valence-corrected chi connectivity index (χ1v) is 9.31. The van der Waals surface area contributed by atoms with Gasteiger partial charge in [-0.1, -0.05) is 66.2 Å². The first kappa shape index (κ1) is 18.8. The summed E-state index contributed by atoms with van der Waals surface area (Å²) in [7, 11) is 0. The zero-order valence-electron chi connectivity index (χ0n) is 15.2. The van der Waals surface area contributed by atoms with Crippen molar-refractivity contribution in [1.29, 1.82) is 0 Å². The zero-order valence-corrected chi connectivity index (χ0v) is 15.9. The van der Waals surface area contributed by atoms with Gasteiger partial charge < -0.3 is 4.98 Å². The molecule has 1 heterocycles. The van der Waals surface area contributed by atoms with Gasteiger partial charge in [-0.15, -0.1) is 0 Å². The standard InChI is InChI=1S/C24H15ClFNO2/c25-18-10-6-11-19(26)16(18)13-14-21(28)23-22(15-7-2-1-3-8-15)17-9-4-5-12-20(17)27-24(23)29/h1-14H,(H,27,29). The van der Waals surface area contributed by atoms with Crippen LogP contribution in [0.4, 0.5) is 4.39 Å². The minimum Gasteiger partial charge on any atom is -0.321 e. The number of aromatic nitrogens is 1. The summed E-state index contributed by atoms with van der Waals surface area (Å²) in [6.45, 7) is 0. The van der Waals surface area contributed by atoms with Gasteiger partial charge in [-0.2, -0.15) is 0 Å². The molecule has 3 aromatic carbocycles. The van der Waals surface area contributed by atoms with Crippen molar-refractivity contribution in [2.45, 2.75) is 0 Å². The molecule has 0 radical (unpaired) electrons. The van der Waals surface area contributed by atoms with Gasteiger partial charge in [0.25, 0.3) is 5.56 Å². The third-order valence-electron chi connectivity index (χ3n) is 4.63. The number of carbonyl (C=O) groups excluding carboxylic acids is 1. The van der Waals surface area contributed by atoms with E-state index in [0.29, 0.717) is 11.1 Å². The van der Waals surface area contributed by atoms with Gasteiger partial charge in [0.05, 0.1) is 10.6 Å². The Morgan fingerprint density at radius 3 is 2.41 bits per heavy atom. The predicted octanol–water partition coefficient (Wildman–Crippen LogP) is 5.88. The molecule has 0 spiro atoms. The Balaban J connectivity index is 1.92. The molecule has 29 heavy (non-hydrogen) atoms. The molecule has 1 N–H and O–H groups in total. The molecule has 0 aliphatic carbocycles. The number of carbonyl (C=O) groups is 1. The highest BCUT2D eigenvalue weighted by Gasteiger charge is 2.19. The van der Waals surface area contributed by atoms with E-state index in [2.05, 4.69) is 4.98 Å². The zero-order chi connectivity index (χ0) is 20.4. The average Bonchev–Trinajstić information content (AvgIpc) is 2.73. The van der Waals surface area contributed by atoms with Crippen molar-refractivity contribution >= 4 is 34.4 Å². The number of rotatable bonds is 4. The fourth-order valence-electron chi connectivity index (χ4n) is 3.30. The Kier molecular flexibility index (Phi) is 5.10. The molecular weight excluding hydrogens is 389 g/mol. The van der Waals surface area contributed by atoms with Crippen LogP contribution < -0.4 is 5.56 Å². The summed E-state index contributed by atoms with van der Waals surface area (Å²) in [6.07, 6.45) is 2.47. The van der Waals surface area contributed by atoms with Crippen LogP contribution in [0, 0.1) is 5.82 Å². The summed E-state index contributed by atoms with van der Waals surface area (Å²) in [5.41, 5.74) is 1.51. The quantitative estimate of drug-likeness (QED) is 0.341. The normalized spacial score (nSPS) is 11.2. The summed E-state index contributed by atoms with van der Waals surface area (Å²) in [6, 6.07) is 20.8. The van der Waals surface area contributed by atoms with Gasteiger partial charge in [-0.3, -0.25) is 9.59 Å². The van der Waals surface area contributed by atoms with Crippen molar-refractivity contribution in [3.05, 3.63) is 111 Å². The lowest BCUT2D eigenvalue weighted by Gasteiger charge is -2.11. The number of fused-ring (bicyclic) bond motifs is 1. The van der Waals surface area contributed by atoms with E-state index in [-0.39, 0.29) is 16.1 Å². The van der Waals surface area contributed by atoms with E-state index in [1.165, 1.54) is 30.4 Å². The molecule has 142 valence electrons. The Morgan fingerprint density at radius 1 is 0.931 bits per heavy atom. The lowest BCUT2D eigenvalue weighted by atomic mass is 9.94. The summed E-state index contributed by atoms with van der Waals surface area (Å²) < 4.78 is 14.0. The van der Waals surface area contributed by atoms with Crippen molar-refractivity contribution in [1.82, 2.24) is 4.98 Å². The van der Waals surface area contributed by atoms with Crippen molar-refractivity contribution in [3.63, 3.8) is 0 Å². The van der Waals surface area contributed by atoms with Gasteiger partial charge in [0.1, 0.15) is 5.82 Å². The fourth-order valence-corrected chi connectivity index (χ4v) is 3.52. The van der Waals surface area contributed by atoms with E-state index in [1.54, 1.807) is 6.07 Å². The van der Waals surface area contributed by atoms with E-state index in [1.807, 2.05) is 48.5 Å². The van der Waals surface area contributed by atoms with Crippen molar-refractivity contribution in [2.24, 2.45) is 0 Å². The minimum atomic E-state index is -0.544. The Bertz CT molecular complexity index is 1290. The molecule has 0 atom stereocenters. The maximum Gasteiger partial charge on any atom is 0.260 e. The number of allylic oxidation sites excluding steroid dienone is 1.